The summed E-state index contributed by atoms with van der Waals surface area (Å²) in [6.07, 6.45) is 1.49. The van der Waals surface area contributed by atoms with Gasteiger partial charge in [-0.05, 0) is 12.1 Å². The van der Waals surface area contributed by atoms with Crippen molar-refractivity contribution in [2.75, 3.05) is 46.8 Å². The number of guanidine groups is 1. The molecule has 1 aromatic heterocycles. The van der Waals surface area contributed by atoms with E-state index in [0.717, 1.165) is 0 Å². The molecule has 8 heteroatoms. The Morgan fingerprint density at radius 1 is 1.27 bits per heavy atom. The summed E-state index contributed by atoms with van der Waals surface area (Å²) in [5.41, 5.74) is 0. The molecule has 120 valence electrons. The van der Waals surface area contributed by atoms with Crippen molar-refractivity contribution in [2.45, 2.75) is 0 Å². The van der Waals surface area contributed by atoms with Gasteiger partial charge in [-0.1, -0.05) is 0 Å². The van der Waals surface area contributed by atoms with Gasteiger partial charge in [-0.2, -0.15) is 0 Å². The van der Waals surface area contributed by atoms with Crippen LogP contribution in [0.1, 0.15) is 10.6 Å². The molecule has 0 radical (unpaired) electrons. The predicted octanol–water partition coefficient (Wildman–Crippen LogP) is -0.641. The lowest BCUT2D eigenvalue weighted by Gasteiger charge is -2.36. The van der Waals surface area contributed by atoms with Crippen LogP contribution in [0.3, 0.4) is 0 Å². The molecule has 2 N–H and O–H groups in total. The third-order valence-electron chi connectivity index (χ3n) is 3.50. The minimum atomic E-state index is -0.104. The van der Waals surface area contributed by atoms with E-state index in [-0.39, 0.29) is 18.4 Å². The van der Waals surface area contributed by atoms with E-state index < -0.39 is 0 Å². The molecule has 2 heterocycles. The maximum Gasteiger partial charge on any atom is 0.289 e. The van der Waals surface area contributed by atoms with Crippen LogP contribution in [0.25, 0.3) is 0 Å². The molecule has 0 aliphatic carbocycles. The van der Waals surface area contributed by atoms with Crippen molar-refractivity contribution in [1.29, 1.82) is 0 Å². The number of nitrogens with zero attached hydrogens (tertiary/aromatic N) is 3. The van der Waals surface area contributed by atoms with Crippen LogP contribution in [0.5, 0.6) is 0 Å². The lowest BCUT2D eigenvalue weighted by atomic mass is 10.3. The van der Waals surface area contributed by atoms with Crippen molar-refractivity contribution in [1.82, 2.24) is 20.4 Å². The molecule has 1 aliphatic heterocycles. The normalized spacial score (nSPS) is 15.6. The molecule has 0 aromatic carbocycles. The molecule has 2 amide bonds. The maximum absolute atomic E-state index is 12.2. The number of aliphatic imine (C=N–C) groups is 1. The lowest BCUT2D eigenvalue weighted by molar-refractivity contribution is -0.119. The summed E-state index contributed by atoms with van der Waals surface area (Å²) in [5.74, 6) is 0.815. The van der Waals surface area contributed by atoms with Crippen molar-refractivity contribution in [3.63, 3.8) is 0 Å². The third-order valence-corrected chi connectivity index (χ3v) is 3.50. The number of furan rings is 1. The van der Waals surface area contributed by atoms with Gasteiger partial charge in [-0.3, -0.25) is 14.6 Å². The van der Waals surface area contributed by atoms with E-state index in [1.54, 1.807) is 31.1 Å². The smallest absolute Gasteiger partial charge is 0.289 e. The highest BCUT2D eigenvalue weighted by atomic mass is 16.3. The zero-order chi connectivity index (χ0) is 15.9. The molecule has 1 saturated heterocycles. The van der Waals surface area contributed by atoms with Crippen LogP contribution in [0, 0.1) is 0 Å². The second-order valence-corrected chi connectivity index (χ2v) is 4.83. The predicted molar refractivity (Wildman–Crippen MR) is 81.6 cm³/mol. The summed E-state index contributed by atoms with van der Waals surface area (Å²) >= 11 is 0. The molecular weight excluding hydrogens is 286 g/mol. The van der Waals surface area contributed by atoms with E-state index in [4.69, 9.17) is 4.42 Å². The fourth-order valence-electron chi connectivity index (χ4n) is 2.26. The number of hydrogen-bond acceptors (Lipinski definition) is 4. The van der Waals surface area contributed by atoms with Crippen LogP contribution in [0.15, 0.2) is 27.8 Å². The van der Waals surface area contributed by atoms with Crippen molar-refractivity contribution in [2.24, 2.45) is 4.99 Å². The number of nitrogens with one attached hydrogen (secondary N) is 2. The highest BCUT2D eigenvalue weighted by Crippen LogP contribution is 2.09. The van der Waals surface area contributed by atoms with Gasteiger partial charge in [0.25, 0.3) is 5.91 Å². The highest BCUT2D eigenvalue weighted by Gasteiger charge is 2.25. The fraction of sp³-hybridized carbons (Fsp3) is 0.500. The number of amides is 2. The number of piperazine rings is 1. The van der Waals surface area contributed by atoms with Gasteiger partial charge in [-0.25, -0.2) is 0 Å². The number of carbonyl (C=O) groups is 2. The minimum Gasteiger partial charge on any atom is -0.459 e. The van der Waals surface area contributed by atoms with Crippen molar-refractivity contribution in [3.05, 3.63) is 24.2 Å². The Morgan fingerprint density at radius 2 is 1.95 bits per heavy atom. The van der Waals surface area contributed by atoms with Gasteiger partial charge in [0.1, 0.15) is 0 Å². The third kappa shape index (κ3) is 3.78. The van der Waals surface area contributed by atoms with Crippen LogP contribution < -0.4 is 10.6 Å². The summed E-state index contributed by atoms with van der Waals surface area (Å²) in [4.78, 5) is 31.4. The van der Waals surface area contributed by atoms with E-state index in [0.29, 0.717) is 37.9 Å². The van der Waals surface area contributed by atoms with Gasteiger partial charge in [0, 0.05) is 40.3 Å². The first kappa shape index (κ1) is 15.9. The molecule has 0 spiro atoms. The Labute approximate surface area is 129 Å². The van der Waals surface area contributed by atoms with Gasteiger partial charge in [0.05, 0.1) is 12.8 Å². The summed E-state index contributed by atoms with van der Waals surface area (Å²) in [5, 5.41) is 5.55. The molecule has 0 bridgehead atoms. The molecule has 0 unspecified atom stereocenters. The molecule has 1 fully saturated rings. The van der Waals surface area contributed by atoms with Crippen LogP contribution >= 0.6 is 0 Å². The Hall–Kier alpha value is -2.51. The number of rotatable bonds is 3. The molecule has 1 aliphatic rings. The Balaban J connectivity index is 1.85. The van der Waals surface area contributed by atoms with Gasteiger partial charge in [0.15, 0.2) is 11.7 Å². The van der Waals surface area contributed by atoms with E-state index in [1.807, 2.05) is 4.90 Å². The van der Waals surface area contributed by atoms with E-state index in [1.165, 1.54) is 6.26 Å². The van der Waals surface area contributed by atoms with Gasteiger partial charge >= 0.3 is 0 Å². The van der Waals surface area contributed by atoms with Crippen LogP contribution in [0.4, 0.5) is 0 Å². The highest BCUT2D eigenvalue weighted by molar-refractivity contribution is 5.92. The Kier molecular flexibility index (Phi) is 5.40. The summed E-state index contributed by atoms with van der Waals surface area (Å²) in [6, 6.07) is 3.37. The first-order valence-electron chi connectivity index (χ1n) is 7.14. The Bertz CT molecular complexity index is 533. The largest absolute Gasteiger partial charge is 0.459 e. The molecule has 8 nitrogen and oxygen atoms in total. The molecular formula is C14H21N5O3. The first-order valence-corrected chi connectivity index (χ1v) is 7.14. The van der Waals surface area contributed by atoms with Gasteiger partial charge in [-0.15, -0.1) is 0 Å². The first-order chi connectivity index (χ1) is 10.7. The standard InChI is InChI=1S/C14H21N5O3/c1-15-12(20)10-17-14(16-2)19-7-5-18(6-8-19)13(21)11-4-3-9-22-11/h3-4,9H,5-8,10H2,1-2H3,(H,15,20)(H,16,17). The van der Waals surface area contributed by atoms with Crippen LogP contribution in [-0.2, 0) is 4.79 Å². The number of hydrogen-bond donors (Lipinski definition) is 2. The topological polar surface area (TPSA) is 90.2 Å². The summed E-state index contributed by atoms with van der Waals surface area (Å²) < 4.78 is 5.14. The molecule has 22 heavy (non-hydrogen) atoms. The average Bonchev–Trinajstić information content (AvgIpc) is 3.09. The number of carbonyl (C=O) groups excluding carboxylic acids is 2. The van der Waals surface area contributed by atoms with Crippen molar-refractivity contribution in [3.8, 4) is 0 Å². The average molecular weight is 307 g/mol. The van der Waals surface area contributed by atoms with Crippen molar-refractivity contribution < 1.29 is 14.0 Å². The monoisotopic (exact) mass is 307 g/mol. The van der Waals surface area contributed by atoms with E-state index in [2.05, 4.69) is 15.6 Å². The summed E-state index contributed by atoms with van der Waals surface area (Å²) in [7, 11) is 3.26. The number of likely N-dealkylation sites (N-methyl/N-ethyl adjacent to an activating group) is 1. The summed E-state index contributed by atoms with van der Waals surface area (Å²) in [6.45, 7) is 2.65. The van der Waals surface area contributed by atoms with Gasteiger partial charge in [0.2, 0.25) is 5.91 Å². The van der Waals surface area contributed by atoms with Crippen LogP contribution in [0.2, 0.25) is 0 Å². The zero-order valence-corrected chi connectivity index (χ0v) is 12.8. The second-order valence-electron chi connectivity index (χ2n) is 4.83. The second kappa shape index (κ2) is 7.48. The maximum atomic E-state index is 12.2. The SMILES string of the molecule is CN=C(NCC(=O)NC)N1CCN(C(=O)c2ccco2)CC1. The lowest BCUT2D eigenvalue weighted by Crippen LogP contribution is -2.54. The van der Waals surface area contributed by atoms with Gasteiger partial charge < -0.3 is 24.9 Å². The zero-order valence-electron chi connectivity index (χ0n) is 12.8. The quantitative estimate of drug-likeness (QED) is 0.572. The fourth-order valence-corrected chi connectivity index (χ4v) is 2.26. The molecule has 0 atom stereocenters. The van der Waals surface area contributed by atoms with Crippen molar-refractivity contribution >= 4 is 17.8 Å². The molecule has 1 aromatic rings. The minimum absolute atomic E-state index is 0.0991. The Morgan fingerprint density at radius 3 is 2.50 bits per heavy atom. The van der Waals surface area contributed by atoms with Crippen LogP contribution in [-0.4, -0.2) is 74.4 Å². The van der Waals surface area contributed by atoms with E-state index in [9.17, 15) is 9.59 Å². The van der Waals surface area contributed by atoms with E-state index >= 15 is 0 Å². The molecule has 0 saturated carbocycles. The molecule has 2 rings (SSSR count).